The van der Waals surface area contributed by atoms with E-state index in [-0.39, 0.29) is 0 Å². The Morgan fingerprint density at radius 2 is 0.735 bits per heavy atom. The fourth-order valence-corrected chi connectivity index (χ4v) is 10.7. The summed E-state index contributed by atoms with van der Waals surface area (Å²) in [5.74, 6) is 0.389. The minimum Gasteiger partial charge on any atom is -0.309 e. The van der Waals surface area contributed by atoms with Crippen molar-refractivity contribution in [2.75, 3.05) is 0 Å². The van der Waals surface area contributed by atoms with E-state index in [1.807, 2.05) is 0 Å². The largest absolute Gasteiger partial charge is 0.309 e. The van der Waals surface area contributed by atoms with Crippen molar-refractivity contribution in [1.82, 2.24) is 9.13 Å². The van der Waals surface area contributed by atoms with Gasteiger partial charge < -0.3 is 9.13 Å². The zero-order chi connectivity index (χ0) is 45.0. The molecule has 0 saturated heterocycles. The molecule has 0 spiro atoms. The Hall–Kier alpha value is -8.72. The molecule has 0 saturated carbocycles. The quantitative estimate of drug-likeness (QED) is 0.144. The minimum absolute atomic E-state index is 0.389. The van der Waals surface area contributed by atoms with Crippen LogP contribution in [0.5, 0.6) is 0 Å². The molecule has 1 unspecified atom stereocenters. The van der Waals surface area contributed by atoms with Gasteiger partial charge in [0.25, 0.3) is 0 Å². The number of rotatable bonds is 8. The van der Waals surface area contributed by atoms with Gasteiger partial charge in [-0.25, -0.2) is 0 Å². The molecule has 1 atom stereocenters. The average molecular weight is 867 g/mol. The topological polar surface area (TPSA) is 9.86 Å². The Morgan fingerprint density at radius 1 is 0.294 bits per heavy atom. The molecule has 10 aromatic carbocycles. The highest BCUT2D eigenvalue weighted by molar-refractivity contribution is 6.13. The first kappa shape index (κ1) is 39.6. The van der Waals surface area contributed by atoms with Crippen LogP contribution in [0.15, 0.2) is 261 Å². The number of fused-ring (bicyclic) bond motifs is 6. The summed E-state index contributed by atoms with van der Waals surface area (Å²) >= 11 is 0. The Labute approximate surface area is 396 Å². The van der Waals surface area contributed by atoms with E-state index in [1.54, 1.807) is 0 Å². The summed E-state index contributed by atoms with van der Waals surface area (Å²) in [6.45, 7) is 0. The van der Waals surface area contributed by atoms with Crippen molar-refractivity contribution in [1.29, 1.82) is 0 Å². The minimum atomic E-state index is 0.389. The van der Waals surface area contributed by atoms with Crippen LogP contribution in [0.25, 0.3) is 105 Å². The van der Waals surface area contributed by atoms with Gasteiger partial charge in [-0.3, -0.25) is 0 Å². The number of para-hydroxylation sites is 1. The van der Waals surface area contributed by atoms with Crippen molar-refractivity contribution in [3.63, 3.8) is 0 Å². The summed E-state index contributed by atoms with van der Waals surface area (Å²) in [6, 6.07) is 89.1. The number of allylic oxidation sites excluding steroid dienone is 4. The van der Waals surface area contributed by atoms with Crippen LogP contribution in [-0.2, 0) is 0 Å². The molecule has 13 rings (SSSR count). The molecule has 2 heteroatoms. The van der Waals surface area contributed by atoms with Crippen LogP contribution in [0.1, 0.15) is 23.5 Å². The molecular weight excluding hydrogens is 821 g/mol. The van der Waals surface area contributed by atoms with E-state index in [1.165, 1.54) is 105 Å². The summed E-state index contributed by atoms with van der Waals surface area (Å²) in [4.78, 5) is 0. The van der Waals surface area contributed by atoms with Crippen molar-refractivity contribution >= 4 is 49.2 Å². The first-order valence-electron chi connectivity index (χ1n) is 23.7. The van der Waals surface area contributed by atoms with Crippen LogP contribution in [0.2, 0.25) is 0 Å². The molecule has 1 aliphatic rings. The molecule has 0 amide bonds. The second-order valence-corrected chi connectivity index (χ2v) is 18.1. The van der Waals surface area contributed by atoms with Crippen molar-refractivity contribution < 1.29 is 0 Å². The average Bonchev–Trinajstić information content (AvgIpc) is 3.93. The number of benzene rings is 10. The second-order valence-electron chi connectivity index (χ2n) is 18.1. The van der Waals surface area contributed by atoms with E-state index in [0.717, 1.165) is 17.8 Å². The standard InChI is InChI=1S/C66H46N2/c1-4-14-45(15-5-1)48-26-33-58(34-27-48)68-65-43-55(53-23-13-21-51(41-53)47-18-8-3-9-19-47)30-37-60(65)61-38-31-56(44-66(61)68)54-32-39-64-62(42-54)59-24-10-11-25-63(59)67(64)57-35-28-49(29-36-57)52-22-12-20-50(40-52)46-16-6-2-7-17-46/h1-39,41-44,50H,40H2. The van der Waals surface area contributed by atoms with Crippen LogP contribution in [-0.4, -0.2) is 9.13 Å². The van der Waals surface area contributed by atoms with Crippen LogP contribution in [0.3, 0.4) is 0 Å². The molecule has 12 aromatic rings. The lowest BCUT2D eigenvalue weighted by Gasteiger charge is -2.19. The van der Waals surface area contributed by atoms with E-state index >= 15 is 0 Å². The maximum Gasteiger partial charge on any atom is 0.0547 e. The monoisotopic (exact) mass is 866 g/mol. The predicted octanol–water partition coefficient (Wildman–Crippen LogP) is 17.7. The molecule has 0 N–H and O–H groups in total. The normalized spacial score (nSPS) is 13.7. The van der Waals surface area contributed by atoms with Gasteiger partial charge >= 0.3 is 0 Å². The number of hydrogen-bond acceptors (Lipinski definition) is 0. The highest BCUT2D eigenvalue weighted by Gasteiger charge is 2.19. The summed E-state index contributed by atoms with van der Waals surface area (Å²) < 4.78 is 4.89. The molecule has 0 radical (unpaired) electrons. The van der Waals surface area contributed by atoms with Gasteiger partial charge in [0, 0.05) is 38.8 Å². The molecule has 1 aliphatic carbocycles. The number of hydrogen-bond donors (Lipinski definition) is 0. The lowest BCUT2D eigenvalue weighted by atomic mass is 9.85. The Morgan fingerprint density at radius 3 is 1.40 bits per heavy atom. The van der Waals surface area contributed by atoms with Crippen LogP contribution < -0.4 is 0 Å². The highest BCUT2D eigenvalue weighted by atomic mass is 15.0. The SMILES string of the molecule is C1=CC(c2ccccc2)CC(c2ccc(-n3c4ccccc4c4cc(-c5ccc6c7ccc(-c8cccc(-c9ccccc9)c8)cc7n(-c7ccc(-c8ccccc8)cc7)c6c5)ccc43)cc2)=C1. The van der Waals surface area contributed by atoms with Crippen LogP contribution >= 0.6 is 0 Å². The van der Waals surface area contributed by atoms with Gasteiger partial charge in [0.05, 0.1) is 22.1 Å². The fourth-order valence-electron chi connectivity index (χ4n) is 10.7. The molecule has 68 heavy (non-hydrogen) atoms. The smallest absolute Gasteiger partial charge is 0.0547 e. The van der Waals surface area contributed by atoms with E-state index in [9.17, 15) is 0 Å². The van der Waals surface area contributed by atoms with Crippen molar-refractivity contribution in [3.8, 4) is 55.9 Å². The maximum atomic E-state index is 2.46. The van der Waals surface area contributed by atoms with Gasteiger partial charge in [-0.05, 0) is 128 Å². The second kappa shape index (κ2) is 16.6. The molecule has 2 heterocycles. The maximum absolute atomic E-state index is 2.46. The van der Waals surface area contributed by atoms with Crippen molar-refractivity contribution in [2.45, 2.75) is 12.3 Å². The molecule has 320 valence electrons. The lowest BCUT2D eigenvalue weighted by molar-refractivity contribution is 0.867. The zero-order valence-corrected chi connectivity index (χ0v) is 37.5. The fraction of sp³-hybridized carbons (Fsp3) is 0.0303. The number of nitrogens with zero attached hydrogens (tertiary/aromatic N) is 2. The van der Waals surface area contributed by atoms with Gasteiger partial charge in [0.15, 0.2) is 0 Å². The summed E-state index contributed by atoms with van der Waals surface area (Å²) in [5.41, 5.74) is 20.7. The molecule has 0 aliphatic heterocycles. The molecule has 2 aromatic heterocycles. The van der Waals surface area contributed by atoms with E-state index < -0.39 is 0 Å². The lowest BCUT2D eigenvalue weighted by Crippen LogP contribution is -2.01. The third kappa shape index (κ3) is 6.98. The summed E-state index contributed by atoms with van der Waals surface area (Å²) in [7, 11) is 0. The first-order chi connectivity index (χ1) is 33.7. The zero-order valence-electron chi connectivity index (χ0n) is 37.5. The van der Waals surface area contributed by atoms with Gasteiger partial charge in [-0.15, -0.1) is 0 Å². The van der Waals surface area contributed by atoms with Gasteiger partial charge in [-0.2, -0.15) is 0 Å². The predicted molar refractivity (Wildman–Crippen MR) is 288 cm³/mol. The Balaban J connectivity index is 0.908. The van der Waals surface area contributed by atoms with Gasteiger partial charge in [0.1, 0.15) is 0 Å². The van der Waals surface area contributed by atoms with E-state index in [4.69, 9.17) is 0 Å². The van der Waals surface area contributed by atoms with Crippen LogP contribution in [0.4, 0.5) is 0 Å². The van der Waals surface area contributed by atoms with Crippen LogP contribution in [0, 0.1) is 0 Å². The van der Waals surface area contributed by atoms with E-state index in [2.05, 4.69) is 270 Å². The van der Waals surface area contributed by atoms with Gasteiger partial charge in [-0.1, -0.05) is 200 Å². The number of aromatic nitrogens is 2. The molecule has 2 nitrogen and oxygen atoms in total. The molecular formula is C66H46N2. The van der Waals surface area contributed by atoms with E-state index in [0.29, 0.717) is 5.92 Å². The molecule has 0 bridgehead atoms. The summed E-state index contributed by atoms with van der Waals surface area (Å²) in [5, 5.41) is 4.96. The first-order valence-corrected chi connectivity index (χ1v) is 23.7. The van der Waals surface area contributed by atoms with Crippen molar-refractivity contribution in [2.24, 2.45) is 0 Å². The van der Waals surface area contributed by atoms with Crippen molar-refractivity contribution in [3.05, 3.63) is 272 Å². The van der Waals surface area contributed by atoms with Gasteiger partial charge in [0.2, 0.25) is 0 Å². The Kier molecular flexibility index (Phi) is 9.68. The Bertz CT molecular complexity index is 3890. The summed E-state index contributed by atoms with van der Waals surface area (Å²) in [6.07, 6.45) is 7.82. The third-order valence-electron chi connectivity index (χ3n) is 14.1. The molecule has 0 fully saturated rings. The third-order valence-corrected chi connectivity index (χ3v) is 14.1. The highest BCUT2D eigenvalue weighted by Crippen LogP contribution is 2.41.